The van der Waals surface area contributed by atoms with Gasteiger partial charge in [0.05, 0.1) is 0 Å². The number of nitrogens with one attached hydrogen (secondary N) is 1. The van der Waals surface area contributed by atoms with Crippen LogP contribution in [0.3, 0.4) is 0 Å². The molecule has 1 aliphatic heterocycles. The van der Waals surface area contributed by atoms with Crippen LogP contribution >= 0.6 is 0 Å². The number of aromatic amines is 1. The van der Waals surface area contributed by atoms with Gasteiger partial charge < -0.3 is 10.6 Å². The lowest BCUT2D eigenvalue weighted by Crippen LogP contribution is -2.46. The number of likely N-dealkylation sites (tertiary alicyclic amines) is 1. The van der Waals surface area contributed by atoms with E-state index < -0.39 is 0 Å². The molecular weight excluding hydrogens is 228 g/mol. The van der Waals surface area contributed by atoms with Crippen LogP contribution in [0.5, 0.6) is 0 Å². The van der Waals surface area contributed by atoms with Crippen molar-refractivity contribution in [2.75, 3.05) is 12.3 Å². The van der Waals surface area contributed by atoms with Crippen LogP contribution < -0.4 is 5.73 Å². The number of rotatable bonds is 1. The summed E-state index contributed by atoms with van der Waals surface area (Å²) in [6.07, 6.45) is 6.05. The van der Waals surface area contributed by atoms with E-state index in [0.29, 0.717) is 23.3 Å². The Labute approximate surface area is 107 Å². The van der Waals surface area contributed by atoms with Crippen molar-refractivity contribution in [2.24, 2.45) is 5.92 Å². The molecular formula is C13H20N4O. The molecule has 18 heavy (non-hydrogen) atoms. The highest BCUT2D eigenvalue weighted by molar-refractivity contribution is 5.99. The predicted molar refractivity (Wildman–Crippen MR) is 69.1 cm³/mol. The number of nitrogens with zero attached hydrogens (tertiary/aromatic N) is 2. The van der Waals surface area contributed by atoms with Gasteiger partial charge in [0, 0.05) is 18.3 Å². The molecule has 5 heteroatoms. The molecule has 1 amide bonds. The molecule has 5 nitrogen and oxygen atoms in total. The summed E-state index contributed by atoms with van der Waals surface area (Å²) in [5, 5.41) is 6.72. The average Bonchev–Trinajstić information content (AvgIpc) is 2.95. The summed E-state index contributed by atoms with van der Waals surface area (Å²) in [6, 6.07) is 0.431. The topological polar surface area (TPSA) is 75.0 Å². The predicted octanol–water partition coefficient (Wildman–Crippen LogP) is 1.71. The zero-order valence-electron chi connectivity index (χ0n) is 10.8. The number of aromatic nitrogens is 2. The molecule has 1 aliphatic carbocycles. The number of fused-ring (bicyclic) bond motifs is 1. The van der Waals surface area contributed by atoms with Gasteiger partial charge in [0.25, 0.3) is 5.91 Å². The molecule has 0 spiro atoms. The Balaban J connectivity index is 1.88. The van der Waals surface area contributed by atoms with Crippen molar-refractivity contribution in [2.45, 2.75) is 45.1 Å². The van der Waals surface area contributed by atoms with E-state index in [2.05, 4.69) is 10.2 Å². The number of carbonyl (C=O) groups is 1. The van der Waals surface area contributed by atoms with Gasteiger partial charge in [-0.05, 0) is 38.5 Å². The molecule has 98 valence electrons. The maximum atomic E-state index is 12.6. The largest absolute Gasteiger partial charge is 0.382 e. The smallest absolute Gasteiger partial charge is 0.259 e. The Hall–Kier alpha value is -1.52. The molecule has 1 saturated heterocycles. The summed E-state index contributed by atoms with van der Waals surface area (Å²) in [7, 11) is 0. The third-order valence-electron chi connectivity index (χ3n) is 4.44. The van der Waals surface area contributed by atoms with Crippen LogP contribution in [0.4, 0.5) is 5.82 Å². The highest BCUT2D eigenvalue weighted by atomic mass is 16.2. The first-order valence-corrected chi connectivity index (χ1v) is 6.80. The van der Waals surface area contributed by atoms with Crippen molar-refractivity contribution in [3.05, 3.63) is 11.3 Å². The molecule has 1 saturated carbocycles. The second-order valence-corrected chi connectivity index (χ2v) is 5.51. The van der Waals surface area contributed by atoms with Crippen LogP contribution in [0.2, 0.25) is 0 Å². The maximum Gasteiger partial charge on any atom is 0.259 e. The number of piperidine rings is 1. The van der Waals surface area contributed by atoms with Crippen molar-refractivity contribution >= 4 is 11.7 Å². The highest BCUT2D eigenvalue weighted by Gasteiger charge is 2.38. The molecule has 1 aromatic heterocycles. The van der Waals surface area contributed by atoms with Crippen molar-refractivity contribution < 1.29 is 4.79 Å². The van der Waals surface area contributed by atoms with Gasteiger partial charge in [-0.25, -0.2) is 0 Å². The number of H-pyrrole nitrogens is 1. The summed E-state index contributed by atoms with van der Waals surface area (Å²) < 4.78 is 0. The molecule has 0 aromatic carbocycles. The molecule has 0 radical (unpaired) electrons. The summed E-state index contributed by atoms with van der Waals surface area (Å²) in [5.74, 6) is 1.10. The van der Waals surface area contributed by atoms with Gasteiger partial charge in [-0.1, -0.05) is 6.42 Å². The minimum Gasteiger partial charge on any atom is -0.382 e. The molecule has 2 fully saturated rings. The second kappa shape index (κ2) is 4.30. The maximum absolute atomic E-state index is 12.6. The van der Waals surface area contributed by atoms with Crippen LogP contribution in [0.25, 0.3) is 0 Å². The molecule has 3 rings (SSSR count). The number of amides is 1. The molecule has 2 heterocycles. The van der Waals surface area contributed by atoms with Crippen molar-refractivity contribution in [3.63, 3.8) is 0 Å². The minimum atomic E-state index is 0.0651. The molecule has 3 N–H and O–H groups in total. The fraction of sp³-hybridized carbons (Fsp3) is 0.692. The number of carbonyl (C=O) groups excluding carboxylic acids is 1. The van der Waals surface area contributed by atoms with Gasteiger partial charge in [-0.15, -0.1) is 0 Å². The molecule has 2 unspecified atom stereocenters. The Morgan fingerprint density at radius 1 is 1.39 bits per heavy atom. The highest BCUT2D eigenvalue weighted by Crippen LogP contribution is 2.37. The molecule has 0 bridgehead atoms. The van der Waals surface area contributed by atoms with E-state index in [1.165, 1.54) is 19.3 Å². The fourth-order valence-electron chi connectivity index (χ4n) is 3.57. The summed E-state index contributed by atoms with van der Waals surface area (Å²) >= 11 is 0. The van der Waals surface area contributed by atoms with E-state index in [0.717, 1.165) is 25.1 Å². The van der Waals surface area contributed by atoms with Gasteiger partial charge >= 0.3 is 0 Å². The SMILES string of the molecule is Cc1[nH]nc(N)c1C(=O)N1CCCC2CCCC21. The van der Waals surface area contributed by atoms with E-state index in [-0.39, 0.29) is 5.91 Å². The molecule has 2 atom stereocenters. The van der Waals surface area contributed by atoms with Gasteiger partial charge in [-0.2, -0.15) is 5.10 Å². The number of aryl methyl sites for hydroxylation is 1. The van der Waals surface area contributed by atoms with Crippen LogP contribution in [0.15, 0.2) is 0 Å². The number of anilines is 1. The van der Waals surface area contributed by atoms with E-state index in [1.807, 2.05) is 11.8 Å². The first-order valence-electron chi connectivity index (χ1n) is 6.80. The summed E-state index contributed by atoms with van der Waals surface area (Å²) in [4.78, 5) is 14.7. The Kier molecular flexibility index (Phi) is 2.76. The van der Waals surface area contributed by atoms with E-state index in [1.54, 1.807) is 0 Å². The monoisotopic (exact) mass is 248 g/mol. The van der Waals surface area contributed by atoms with E-state index in [4.69, 9.17) is 5.73 Å². The van der Waals surface area contributed by atoms with Gasteiger partial charge in [0.1, 0.15) is 5.56 Å². The number of nitrogen functional groups attached to an aromatic ring is 1. The zero-order valence-corrected chi connectivity index (χ0v) is 10.8. The second-order valence-electron chi connectivity index (χ2n) is 5.51. The van der Waals surface area contributed by atoms with Crippen LogP contribution in [0.1, 0.15) is 48.2 Å². The van der Waals surface area contributed by atoms with Crippen LogP contribution in [0, 0.1) is 12.8 Å². The summed E-state index contributed by atoms with van der Waals surface area (Å²) in [5.41, 5.74) is 7.14. The van der Waals surface area contributed by atoms with Crippen molar-refractivity contribution in [1.29, 1.82) is 0 Å². The first-order chi connectivity index (χ1) is 8.68. The number of hydrogen-bond donors (Lipinski definition) is 2. The fourth-order valence-corrected chi connectivity index (χ4v) is 3.57. The zero-order chi connectivity index (χ0) is 12.7. The van der Waals surface area contributed by atoms with Gasteiger partial charge in [-0.3, -0.25) is 9.89 Å². The summed E-state index contributed by atoms with van der Waals surface area (Å²) in [6.45, 7) is 2.72. The van der Waals surface area contributed by atoms with Gasteiger partial charge in [0.15, 0.2) is 5.82 Å². The standard InChI is InChI=1S/C13H20N4O/c1-8-11(12(14)16-15-8)13(18)17-7-3-5-9-4-2-6-10(9)17/h9-10H,2-7H2,1H3,(H3,14,15,16). The molecule has 2 aliphatic rings. The minimum absolute atomic E-state index is 0.0651. The number of nitrogens with two attached hydrogens (primary N) is 1. The lowest BCUT2D eigenvalue weighted by molar-refractivity contribution is 0.0549. The van der Waals surface area contributed by atoms with E-state index in [9.17, 15) is 4.79 Å². The Bertz CT molecular complexity index is 448. The van der Waals surface area contributed by atoms with Crippen LogP contribution in [-0.2, 0) is 0 Å². The van der Waals surface area contributed by atoms with E-state index >= 15 is 0 Å². The van der Waals surface area contributed by atoms with Crippen molar-refractivity contribution in [3.8, 4) is 0 Å². The number of hydrogen-bond acceptors (Lipinski definition) is 3. The lowest BCUT2D eigenvalue weighted by atomic mass is 9.91. The third-order valence-corrected chi connectivity index (χ3v) is 4.44. The van der Waals surface area contributed by atoms with Crippen LogP contribution in [-0.4, -0.2) is 33.6 Å². The third kappa shape index (κ3) is 1.69. The average molecular weight is 248 g/mol. The quantitative estimate of drug-likeness (QED) is 0.794. The molecule has 1 aromatic rings. The Morgan fingerprint density at radius 2 is 2.17 bits per heavy atom. The normalized spacial score (nSPS) is 27.3. The van der Waals surface area contributed by atoms with Crippen molar-refractivity contribution in [1.82, 2.24) is 15.1 Å². The van der Waals surface area contributed by atoms with Gasteiger partial charge in [0.2, 0.25) is 0 Å². The Morgan fingerprint density at radius 3 is 2.89 bits per heavy atom. The lowest BCUT2D eigenvalue weighted by Gasteiger charge is -2.37. The first kappa shape index (κ1) is 11.6.